The van der Waals surface area contributed by atoms with Gasteiger partial charge >= 0.3 is 0 Å². The molecule has 2 aromatic rings. The van der Waals surface area contributed by atoms with Crippen LogP contribution in [0.25, 0.3) is 0 Å². The van der Waals surface area contributed by atoms with Crippen LogP contribution < -0.4 is 10.1 Å². The Morgan fingerprint density at radius 3 is 2.35 bits per heavy atom. The third kappa shape index (κ3) is 4.10. The molecule has 2 rings (SSSR count). The van der Waals surface area contributed by atoms with E-state index in [2.05, 4.69) is 48.6 Å². The first-order valence-electron chi connectivity index (χ1n) is 7.26. The van der Waals surface area contributed by atoms with Crippen molar-refractivity contribution in [1.82, 2.24) is 5.32 Å². The van der Waals surface area contributed by atoms with Gasteiger partial charge in [0, 0.05) is 0 Å². The Kier molecular flexibility index (Phi) is 5.63. The molecule has 2 heteroatoms. The van der Waals surface area contributed by atoms with Crippen LogP contribution in [-0.2, 0) is 19.4 Å². The average molecular weight is 269 g/mol. The molecule has 0 aromatic heterocycles. The highest BCUT2D eigenvalue weighted by molar-refractivity contribution is 5.33. The molecule has 0 saturated heterocycles. The molecule has 0 aliphatic carbocycles. The largest absolute Gasteiger partial charge is 0.489 e. The lowest BCUT2D eigenvalue weighted by molar-refractivity contribution is 0.303. The second-order valence-electron chi connectivity index (χ2n) is 4.92. The van der Waals surface area contributed by atoms with E-state index in [4.69, 9.17) is 4.74 Å². The summed E-state index contributed by atoms with van der Waals surface area (Å²) in [6.45, 7) is 3.79. The molecule has 2 nitrogen and oxygen atoms in total. The fourth-order valence-electron chi connectivity index (χ4n) is 2.17. The van der Waals surface area contributed by atoms with E-state index in [0.29, 0.717) is 6.61 Å². The van der Waals surface area contributed by atoms with Gasteiger partial charge in [-0.05, 0) is 49.2 Å². The van der Waals surface area contributed by atoms with Gasteiger partial charge in [0.2, 0.25) is 0 Å². The van der Waals surface area contributed by atoms with Gasteiger partial charge in [-0.3, -0.25) is 0 Å². The molecule has 0 fully saturated rings. The number of rotatable bonds is 7. The Labute approximate surface area is 121 Å². The Hall–Kier alpha value is -1.80. The minimum absolute atomic E-state index is 0.628. The Bertz CT molecular complexity index is 519. The third-order valence-electron chi connectivity index (χ3n) is 3.43. The maximum atomic E-state index is 5.92. The lowest BCUT2D eigenvalue weighted by Gasteiger charge is -2.10. The van der Waals surface area contributed by atoms with Gasteiger partial charge in [0.25, 0.3) is 0 Å². The quantitative estimate of drug-likeness (QED) is 0.829. The minimum Gasteiger partial charge on any atom is -0.489 e. The van der Waals surface area contributed by atoms with Gasteiger partial charge in [0.15, 0.2) is 0 Å². The van der Waals surface area contributed by atoms with E-state index in [9.17, 15) is 0 Å². The van der Waals surface area contributed by atoms with Crippen LogP contribution in [0, 0.1) is 0 Å². The summed E-state index contributed by atoms with van der Waals surface area (Å²) in [7, 11) is 1.98. The van der Waals surface area contributed by atoms with Crippen LogP contribution in [0.15, 0.2) is 48.5 Å². The normalized spacial score (nSPS) is 10.5. The molecule has 20 heavy (non-hydrogen) atoms. The van der Waals surface area contributed by atoms with E-state index in [-0.39, 0.29) is 0 Å². The molecule has 0 atom stereocenters. The molecule has 0 unspecified atom stereocenters. The summed E-state index contributed by atoms with van der Waals surface area (Å²) in [5.41, 5.74) is 3.83. The summed E-state index contributed by atoms with van der Waals surface area (Å²) >= 11 is 0. The van der Waals surface area contributed by atoms with Gasteiger partial charge in [-0.2, -0.15) is 0 Å². The van der Waals surface area contributed by atoms with Crippen molar-refractivity contribution in [3.05, 3.63) is 65.2 Å². The number of hydrogen-bond donors (Lipinski definition) is 1. The monoisotopic (exact) mass is 269 g/mol. The topological polar surface area (TPSA) is 21.3 Å². The summed E-state index contributed by atoms with van der Waals surface area (Å²) in [5.74, 6) is 0.995. The van der Waals surface area contributed by atoms with E-state index >= 15 is 0 Å². The molecular formula is C18H23NO. The number of ether oxygens (including phenoxy) is 1. The van der Waals surface area contributed by atoms with Crippen molar-refractivity contribution in [1.29, 1.82) is 0 Å². The summed E-state index contributed by atoms with van der Waals surface area (Å²) in [6.07, 6.45) is 2.06. The van der Waals surface area contributed by atoms with Crippen LogP contribution in [0.2, 0.25) is 0 Å². The van der Waals surface area contributed by atoms with Crippen molar-refractivity contribution in [2.75, 3.05) is 13.6 Å². The van der Waals surface area contributed by atoms with Crippen LogP contribution >= 0.6 is 0 Å². The van der Waals surface area contributed by atoms with Crippen molar-refractivity contribution < 1.29 is 4.74 Å². The Morgan fingerprint density at radius 2 is 1.65 bits per heavy atom. The Morgan fingerprint density at radius 1 is 0.950 bits per heavy atom. The predicted octanol–water partition coefficient (Wildman–Crippen LogP) is 3.59. The lowest BCUT2D eigenvalue weighted by atomic mass is 10.1. The number of benzene rings is 2. The second-order valence-corrected chi connectivity index (χ2v) is 4.92. The van der Waals surface area contributed by atoms with E-state index in [1.54, 1.807) is 0 Å². The number of likely N-dealkylation sites (N-methyl/N-ethyl adjacent to an activating group) is 1. The van der Waals surface area contributed by atoms with Gasteiger partial charge in [-0.1, -0.05) is 49.4 Å². The van der Waals surface area contributed by atoms with Crippen LogP contribution in [0.4, 0.5) is 0 Å². The van der Waals surface area contributed by atoms with Crippen LogP contribution in [0.3, 0.4) is 0 Å². The van der Waals surface area contributed by atoms with Crippen LogP contribution in [0.1, 0.15) is 23.6 Å². The summed E-state index contributed by atoms with van der Waals surface area (Å²) in [5, 5.41) is 3.17. The van der Waals surface area contributed by atoms with Crippen molar-refractivity contribution in [2.24, 2.45) is 0 Å². The molecule has 0 amide bonds. The summed E-state index contributed by atoms with van der Waals surface area (Å²) in [4.78, 5) is 0. The lowest BCUT2D eigenvalue weighted by Crippen LogP contribution is -2.10. The standard InChI is InChI=1S/C18H23NO/c1-3-17-6-4-5-7-18(17)20-14-16-10-8-15(9-11-16)12-13-19-2/h4-11,19H,3,12-14H2,1-2H3. The maximum absolute atomic E-state index is 5.92. The van der Waals surface area contributed by atoms with E-state index in [1.807, 2.05) is 19.2 Å². The van der Waals surface area contributed by atoms with Gasteiger partial charge < -0.3 is 10.1 Å². The third-order valence-corrected chi connectivity index (χ3v) is 3.43. The summed E-state index contributed by atoms with van der Waals surface area (Å²) < 4.78 is 5.92. The summed E-state index contributed by atoms with van der Waals surface area (Å²) in [6, 6.07) is 16.9. The SMILES string of the molecule is CCc1ccccc1OCc1ccc(CCNC)cc1. The molecule has 2 aromatic carbocycles. The molecule has 0 radical (unpaired) electrons. The molecule has 0 aliphatic heterocycles. The zero-order valence-corrected chi connectivity index (χ0v) is 12.4. The van der Waals surface area contributed by atoms with Gasteiger partial charge in [-0.25, -0.2) is 0 Å². The van der Waals surface area contributed by atoms with Crippen molar-refractivity contribution in [3.8, 4) is 5.75 Å². The van der Waals surface area contributed by atoms with Gasteiger partial charge in [0.05, 0.1) is 0 Å². The highest BCUT2D eigenvalue weighted by Gasteiger charge is 2.01. The molecule has 0 spiro atoms. The molecule has 0 saturated carbocycles. The fourth-order valence-corrected chi connectivity index (χ4v) is 2.17. The number of nitrogens with one attached hydrogen (secondary N) is 1. The smallest absolute Gasteiger partial charge is 0.122 e. The first kappa shape index (κ1) is 14.6. The molecule has 0 aliphatic rings. The zero-order chi connectivity index (χ0) is 14.2. The molecule has 0 bridgehead atoms. The average Bonchev–Trinajstić information content (AvgIpc) is 2.52. The molecule has 1 N–H and O–H groups in total. The Balaban J connectivity index is 1.93. The van der Waals surface area contributed by atoms with Gasteiger partial charge in [-0.15, -0.1) is 0 Å². The van der Waals surface area contributed by atoms with E-state index < -0.39 is 0 Å². The van der Waals surface area contributed by atoms with E-state index in [1.165, 1.54) is 16.7 Å². The van der Waals surface area contributed by atoms with Crippen molar-refractivity contribution in [3.63, 3.8) is 0 Å². The first-order valence-corrected chi connectivity index (χ1v) is 7.26. The number of para-hydroxylation sites is 1. The highest BCUT2D eigenvalue weighted by atomic mass is 16.5. The molecular weight excluding hydrogens is 246 g/mol. The second kappa shape index (κ2) is 7.71. The fraction of sp³-hybridized carbons (Fsp3) is 0.333. The zero-order valence-electron chi connectivity index (χ0n) is 12.4. The van der Waals surface area contributed by atoms with Gasteiger partial charge in [0.1, 0.15) is 12.4 Å². The molecule has 106 valence electrons. The van der Waals surface area contributed by atoms with Crippen molar-refractivity contribution in [2.45, 2.75) is 26.4 Å². The highest BCUT2D eigenvalue weighted by Crippen LogP contribution is 2.19. The first-order chi connectivity index (χ1) is 9.83. The minimum atomic E-state index is 0.628. The van der Waals surface area contributed by atoms with Crippen LogP contribution in [0.5, 0.6) is 5.75 Å². The van der Waals surface area contributed by atoms with E-state index in [0.717, 1.165) is 25.1 Å². The van der Waals surface area contributed by atoms with Crippen LogP contribution in [-0.4, -0.2) is 13.6 Å². The maximum Gasteiger partial charge on any atom is 0.122 e. The number of aryl methyl sites for hydroxylation is 1. The van der Waals surface area contributed by atoms with Crippen molar-refractivity contribution >= 4 is 0 Å². The number of hydrogen-bond acceptors (Lipinski definition) is 2. The predicted molar refractivity (Wildman–Crippen MR) is 84.2 cm³/mol. The molecule has 0 heterocycles.